The van der Waals surface area contributed by atoms with Gasteiger partial charge in [0.15, 0.2) is 4.32 Å². The Morgan fingerprint density at radius 1 is 1.44 bits per heavy atom. The van der Waals surface area contributed by atoms with Crippen LogP contribution in [0.5, 0.6) is 0 Å². The van der Waals surface area contributed by atoms with Gasteiger partial charge in [-0.25, -0.2) is 0 Å². The molecule has 0 aromatic rings. The Balaban J connectivity index is 2.32. The summed E-state index contributed by atoms with van der Waals surface area (Å²) >= 11 is 6.16. The highest BCUT2D eigenvalue weighted by Gasteiger charge is 2.13. The van der Waals surface area contributed by atoms with E-state index in [1.54, 1.807) is 0 Å². The van der Waals surface area contributed by atoms with Gasteiger partial charge >= 0.3 is 0 Å². The van der Waals surface area contributed by atoms with Crippen LogP contribution in [0.1, 0.15) is 12.8 Å². The molecule has 0 unspecified atom stereocenters. The minimum Gasteiger partial charge on any atom is -0.357 e. The summed E-state index contributed by atoms with van der Waals surface area (Å²) < 4.78 is 0.840. The molecule has 52 valence electrons. The molecule has 1 saturated heterocycles. The van der Waals surface area contributed by atoms with Crippen LogP contribution in [0.2, 0.25) is 0 Å². The Bertz CT molecular complexity index is 110. The second kappa shape index (κ2) is 3.39. The smallest absolute Gasteiger partial charge is 0.151 e. The van der Waals surface area contributed by atoms with E-state index in [4.69, 9.17) is 17.4 Å². The van der Waals surface area contributed by atoms with Crippen LogP contribution < -0.4 is 5.14 Å². The molecule has 0 atom stereocenters. The zero-order valence-corrected chi connectivity index (χ0v) is 6.80. The molecule has 0 aromatic carbocycles. The maximum absolute atomic E-state index is 5.29. The maximum atomic E-state index is 5.29. The third-order valence-corrected chi connectivity index (χ3v) is 2.47. The van der Waals surface area contributed by atoms with Crippen molar-refractivity contribution in [2.75, 3.05) is 13.1 Å². The van der Waals surface area contributed by atoms with Gasteiger partial charge in [-0.3, -0.25) is 5.14 Å². The van der Waals surface area contributed by atoms with Crippen molar-refractivity contribution in [3.05, 3.63) is 0 Å². The van der Waals surface area contributed by atoms with Crippen molar-refractivity contribution in [3.8, 4) is 0 Å². The topological polar surface area (TPSA) is 29.3 Å². The molecule has 0 aromatic heterocycles. The van der Waals surface area contributed by atoms with Crippen LogP contribution in [0.3, 0.4) is 0 Å². The zero-order valence-electron chi connectivity index (χ0n) is 5.17. The number of likely N-dealkylation sites (tertiary alicyclic amines) is 1. The zero-order chi connectivity index (χ0) is 6.69. The minimum absolute atomic E-state index is 0.840. The van der Waals surface area contributed by atoms with Crippen LogP contribution in [0.4, 0.5) is 0 Å². The van der Waals surface area contributed by atoms with E-state index in [1.807, 2.05) is 0 Å². The second-order valence-corrected chi connectivity index (χ2v) is 3.35. The molecule has 1 heterocycles. The first kappa shape index (κ1) is 7.31. The van der Waals surface area contributed by atoms with E-state index < -0.39 is 0 Å². The van der Waals surface area contributed by atoms with E-state index in [2.05, 4.69) is 4.90 Å². The van der Waals surface area contributed by atoms with Gasteiger partial charge in [0.2, 0.25) is 0 Å². The highest BCUT2D eigenvalue weighted by molar-refractivity contribution is 8.21. The average molecular weight is 162 g/mol. The van der Waals surface area contributed by atoms with Crippen LogP contribution in [0, 0.1) is 0 Å². The second-order valence-electron chi connectivity index (χ2n) is 2.08. The van der Waals surface area contributed by atoms with Crippen LogP contribution in [-0.4, -0.2) is 22.3 Å². The first-order valence-corrected chi connectivity index (χ1v) is 4.29. The molecule has 1 aliphatic heterocycles. The third-order valence-electron chi connectivity index (χ3n) is 1.47. The summed E-state index contributed by atoms with van der Waals surface area (Å²) in [4.78, 5) is 2.15. The molecule has 0 spiro atoms. The average Bonchev–Trinajstić information content (AvgIpc) is 2.37. The van der Waals surface area contributed by atoms with Gasteiger partial charge in [0.1, 0.15) is 0 Å². The summed E-state index contributed by atoms with van der Waals surface area (Å²) in [6.07, 6.45) is 2.53. The first-order chi connectivity index (χ1) is 4.34. The van der Waals surface area contributed by atoms with E-state index in [1.165, 1.54) is 24.8 Å². The normalized spacial score (nSPS) is 18.6. The molecule has 0 amide bonds. The quantitative estimate of drug-likeness (QED) is 0.424. The molecular weight excluding hydrogens is 152 g/mol. The first-order valence-electron chi connectivity index (χ1n) is 3.00. The van der Waals surface area contributed by atoms with E-state index in [0.29, 0.717) is 0 Å². The number of rotatable bonds is 0. The van der Waals surface area contributed by atoms with Gasteiger partial charge in [0.25, 0.3) is 0 Å². The van der Waals surface area contributed by atoms with Crippen LogP contribution in [0.25, 0.3) is 0 Å². The van der Waals surface area contributed by atoms with Gasteiger partial charge in [-0.05, 0) is 24.8 Å². The van der Waals surface area contributed by atoms with Crippen LogP contribution in [0.15, 0.2) is 0 Å². The van der Waals surface area contributed by atoms with E-state index in [9.17, 15) is 0 Å². The minimum atomic E-state index is 0.840. The molecular formula is C5H10N2S2. The van der Waals surface area contributed by atoms with Crippen LogP contribution in [-0.2, 0) is 0 Å². The van der Waals surface area contributed by atoms with E-state index >= 15 is 0 Å². The van der Waals surface area contributed by atoms with Crippen molar-refractivity contribution in [1.29, 1.82) is 0 Å². The van der Waals surface area contributed by atoms with Gasteiger partial charge in [-0.1, -0.05) is 12.2 Å². The van der Waals surface area contributed by atoms with Gasteiger partial charge < -0.3 is 4.90 Å². The lowest BCUT2D eigenvalue weighted by atomic mass is 10.4. The fraction of sp³-hybridized carbons (Fsp3) is 0.800. The molecule has 0 radical (unpaired) electrons. The van der Waals surface area contributed by atoms with Gasteiger partial charge in [-0.15, -0.1) is 0 Å². The summed E-state index contributed by atoms with van der Waals surface area (Å²) in [5, 5.41) is 5.29. The molecule has 2 nitrogen and oxygen atoms in total. The monoisotopic (exact) mass is 162 g/mol. The summed E-state index contributed by atoms with van der Waals surface area (Å²) in [7, 11) is 0. The fourth-order valence-corrected chi connectivity index (χ4v) is 1.49. The number of thiocarbonyl (C=S) groups is 1. The van der Waals surface area contributed by atoms with E-state index in [-0.39, 0.29) is 0 Å². The van der Waals surface area contributed by atoms with E-state index in [0.717, 1.165) is 17.4 Å². The molecule has 4 heteroatoms. The Kier molecular flexibility index (Phi) is 2.75. The number of hydrogen-bond acceptors (Lipinski definition) is 3. The molecule has 0 bridgehead atoms. The predicted molar refractivity (Wildman–Crippen MR) is 45.2 cm³/mol. The third kappa shape index (κ3) is 1.81. The molecule has 2 N–H and O–H groups in total. The summed E-state index contributed by atoms with van der Waals surface area (Å²) in [5.41, 5.74) is 0. The fourth-order valence-electron chi connectivity index (χ4n) is 0.974. The summed E-state index contributed by atoms with van der Waals surface area (Å²) in [6.45, 7) is 2.20. The highest BCUT2D eigenvalue weighted by Crippen LogP contribution is 2.11. The van der Waals surface area contributed by atoms with Gasteiger partial charge in [0, 0.05) is 13.1 Å². The molecule has 1 aliphatic rings. The molecule has 1 rings (SSSR count). The predicted octanol–water partition coefficient (Wildman–Crippen LogP) is 0.974. The Morgan fingerprint density at radius 3 is 2.44 bits per heavy atom. The summed E-state index contributed by atoms with van der Waals surface area (Å²) in [6, 6.07) is 0. The molecule has 0 saturated carbocycles. The van der Waals surface area contributed by atoms with Crippen molar-refractivity contribution in [1.82, 2.24) is 4.90 Å². The lowest BCUT2D eigenvalue weighted by molar-refractivity contribution is 0.539. The molecule has 9 heavy (non-hydrogen) atoms. The number of hydrogen-bond donors (Lipinski definition) is 1. The van der Waals surface area contributed by atoms with Crippen molar-refractivity contribution >= 4 is 28.5 Å². The van der Waals surface area contributed by atoms with Crippen molar-refractivity contribution in [2.24, 2.45) is 5.14 Å². The SMILES string of the molecule is NSC(=S)N1CCCC1. The number of nitrogens with two attached hydrogens (primary N) is 1. The molecule has 0 aliphatic carbocycles. The Hall–Kier alpha value is 0.200. The molecule has 1 fully saturated rings. The Morgan fingerprint density at radius 2 is 2.00 bits per heavy atom. The lowest BCUT2D eigenvalue weighted by Gasteiger charge is -2.14. The number of nitrogens with zero attached hydrogens (tertiary/aromatic N) is 1. The van der Waals surface area contributed by atoms with Gasteiger partial charge in [-0.2, -0.15) is 0 Å². The van der Waals surface area contributed by atoms with Crippen molar-refractivity contribution in [3.63, 3.8) is 0 Å². The van der Waals surface area contributed by atoms with Crippen molar-refractivity contribution < 1.29 is 0 Å². The van der Waals surface area contributed by atoms with Crippen LogP contribution >= 0.6 is 24.2 Å². The van der Waals surface area contributed by atoms with Crippen molar-refractivity contribution in [2.45, 2.75) is 12.8 Å². The summed E-state index contributed by atoms with van der Waals surface area (Å²) in [5.74, 6) is 0. The largest absolute Gasteiger partial charge is 0.357 e. The maximum Gasteiger partial charge on any atom is 0.151 e. The standard InChI is InChI=1S/C5H10N2S2/c6-9-5(8)7-3-1-2-4-7/h1-4,6H2. The Labute approximate surface area is 64.9 Å². The van der Waals surface area contributed by atoms with Gasteiger partial charge in [0.05, 0.1) is 0 Å². The highest BCUT2D eigenvalue weighted by atomic mass is 32.2. The lowest BCUT2D eigenvalue weighted by Crippen LogP contribution is -2.24.